The number of aromatic nitrogens is 1. The molecule has 1 amide bonds. The molecule has 0 bridgehead atoms. The van der Waals surface area contributed by atoms with E-state index in [9.17, 15) is 4.79 Å². The van der Waals surface area contributed by atoms with Crippen molar-refractivity contribution in [2.45, 2.75) is 46.8 Å². The molecule has 0 spiro atoms. The third kappa shape index (κ3) is 3.65. The predicted molar refractivity (Wildman–Crippen MR) is 124 cm³/mol. The highest BCUT2D eigenvalue weighted by molar-refractivity contribution is 6.10. The van der Waals surface area contributed by atoms with E-state index in [1.165, 1.54) is 22.0 Å². The summed E-state index contributed by atoms with van der Waals surface area (Å²) in [7, 11) is 0. The number of fused-ring (bicyclic) bond motifs is 3. The Kier molecular flexibility index (Phi) is 5.49. The van der Waals surface area contributed by atoms with Gasteiger partial charge in [0.05, 0.1) is 0 Å². The summed E-state index contributed by atoms with van der Waals surface area (Å²) in [6.07, 6.45) is 0.0513. The van der Waals surface area contributed by atoms with Crippen LogP contribution < -0.4 is 10.1 Å². The van der Waals surface area contributed by atoms with Gasteiger partial charge in [-0.3, -0.25) is 4.79 Å². The number of ether oxygens (including phenoxy) is 1. The molecular weight excluding hydrogens is 372 g/mol. The van der Waals surface area contributed by atoms with Crippen molar-refractivity contribution in [1.29, 1.82) is 0 Å². The summed E-state index contributed by atoms with van der Waals surface area (Å²) in [6.45, 7) is 9.07. The lowest BCUT2D eigenvalue weighted by molar-refractivity contribution is -0.122. The minimum atomic E-state index is -0.543. The molecule has 0 radical (unpaired) electrons. The van der Waals surface area contributed by atoms with Crippen molar-refractivity contribution >= 4 is 33.4 Å². The van der Waals surface area contributed by atoms with Crippen LogP contribution in [0.1, 0.15) is 31.4 Å². The first-order valence-electron chi connectivity index (χ1n) is 10.6. The third-order valence-corrected chi connectivity index (χ3v) is 5.62. The summed E-state index contributed by atoms with van der Waals surface area (Å²) >= 11 is 0. The number of amides is 1. The van der Waals surface area contributed by atoms with Gasteiger partial charge in [-0.25, -0.2) is 0 Å². The first-order chi connectivity index (χ1) is 14.5. The van der Waals surface area contributed by atoms with Crippen LogP contribution in [0.15, 0.2) is 60.7 Å². The SMILES string of the molecule is CCC(Oc1ccc(C)cc1C)C(=O)Nc1ccc2c(c1)c1ccccc1n2CC. The summed E-state index contributed by atoms with van der Waals surface area (Å²) in [5, 5.41) is 5.40. The van der Waals surface area contributed by atoms with Crippen molar-refractivity contribution < 1.29 is 9.53 Å². The number of benzene rings is 3. The van der Waals surface area contributed by atoms with Gasteiger partial charge in [0.15, 0.2) is 6.10 Å². The zero-order chi connectivity index (χ0) is 21.3. The third-order valence-electron chi connectivity index (χ3n) is 5.62. The molecule has 0 aliphatic heterocycles. The van der Waals surface area contributed by atoms with Crippen LogP contribution in [-0.2, 0) is 11.3 Å². The van der Waals surface area contributed by atoms with Gasteiger partial charge in [0, 0.05) is 34.0 Å². The van der Waals surface area contributed by atoms with Gasteiger partial charge >= 0.3 is 0 Å². The summed E-state index contributed by atoms with van der Waals surface area (Å²) in [5.41, 5.74) is 5.39. The standard InChI is InChI=1S/C26H28N2O2/c1-5-24(30-25-14-11-17(3)15-18(25)4)26(29)27-19-12-13-23-21(16-19)20-9-7-8-10-22(20)28(23)6-2/h7-16,24H,5-6H2,1-4H3,(H,27,29). The van der Waals surface area contributed by atoms with Crippen LogP contribution in [0.4, 0.5) is 5.69 Å². The number of hydrogen-bond acceptors (Lipinski definition) is 2. The molecule has 1 aromatic heterocycles. The Balaban J connectivity index is 1.61. The van der Waals surface area contributed by atoms with Gasteiger partial charge in [0.1, 0.15) is 5.75 Å². The van der Waals surface area contributed by atoms with E-state index in [0.29, 0.717) is 6.42 Å². The molecule has 4 nitrogen and oxygen atoms in total. The van der Waals surface area contributed by atoms with Gasteiger partial charge in [-0.1, -0.05) is 42.8 Å². The van der Waals surface area contributed by atoms with Crippen molar-refractivity contribution in [2.24, 2.45) is 0 Å². The molecular formula is C26H28N2O2. The molecule has 0 saturated heterocycles. The first kappa shape index (κ1) is 20.0. The normalized spacial score (nSPS) is 12.3. The van der Waals surface area contributed by atoms with Crippen molar-refractivity contribution in [1.82, 2.24) is 4.57 Å². The van der Waals surface area contributed by atoms with E-state index >= 15 is 0 Å². The fraction of sp³-hybridized carbons (Fsp3) is 0.269. The molecule has 0 saturated carbocycles. The molecule has 0 fully saturated rings. The number of nitrogens with zero attached hydrogens (tertiary/aromatic N) is 1. The Labute approximate surface area is 177 Å². The number of anilines is 1. The zero-order valence-electron chi connectivity index (χ0n) is 18.0. The molecule has 0 aliphatic carbocycles. The van der Waals surface area contributed by atoms with E-state index in [2.05, 4.69) is 59.3 Å². The topological polar surface area (TPSA) is 43.3 Å². The van der Waals surface area contributed by atoms with Crippen molar-refractivity contribution in [3.05, 3.63) is 71.8 Å². The average molecular weight is 401 g/mol. The molecule has 154 valence electrons. The van der Waals surface area contributed by atoms with Crippen LogP contribution in [0.5, 0.6) is 5.75 Å². The van der Waals surface area contributed by atoms with Gasteiger partial charge in [0.2, 0.25) is 0 Å². The summed E-state index contributed by atoms with van der Waals surface area (Å²) in [6, 6.07) is 20.5. The van der Waals surface area contributed by atoms with Crippen molar-refractivity contribution in [2.75, 3.05) is 5.32 Å². The fourth-order valence-corrected chi connectivity index (χ4v) is 4.10. The lowest BCUT2D eigenvalue weighted by atomic mass is 10.1. The van der Waals surface area contributed by atoms with Crippen LogP contribution in [-0.4, -0.2) is 16.6 Å². The molecule has 1 atom stereocenters. The van der Waals surface area contributed by atoms with Crippen LogP contribution in [0.3, 0.4) is 0 Å². The minimum absolute atomic E-state index is 0.129. The Morgan fingerprint density at radius 3 is 2.47 bits per heavy atom. The fourth-order valence-electron chi connectivity index (χ4n) is 4.10. The van der Waals surface area contributed by atoms with Gasteiger partial charge in [0.25, 0.3) is 5.91 Å². The molecule has 0 aliphatic rings. The summed E-state index contributed by atoms with van der Waals surface area (Å²) in [4.78, 5) is 12.9. The van der Waals surface area contributed by atoms with E-state index in [0.717, 1.165) is 28.9 Å². The second-order valence-electron chi connectivity index (χ2n) is 7.77. The Bertz CT molecular complexity index is 1220. The molecule has 4 heteroatoms. The van der Waals surface area contributed by atoms with Gasteiger partial charge in [-0.05, 0) is 63.1 Å². The number of nitrogens with one attached hydrogen (secondary N) is 1. The van der Waals surface area contributed by atoms with E-state index in [-0.39, 0.29) is 5.91 Å². The monoisotopic (exact) mass is 400 g/mol. The first-order valence-corrected chi connectivity index (χ1v) is 10.6. The second kappa shape index (κ2) is 8.23. The van der Waals surface area contributed by atoms with Crippen molar-refractivity contribution in [3.63, 3.8) is 0 Å². The maximum Gasteiger partial charge on any atom is 0.265 e. The Hall–Kier alpha value is -3.27. The van der Waals surface area contributed by atoms with Crippen LogP contribution in [0.25, 0.3) is 21.8 Å². The largest absolute Gasteiger partial charge is 0.480 e. The van der Waals surface area contributed by atoms with Crippen LogP contribution in [0, 0.1) is 13.8 Å². The molecule has 3 aromatic carbocycles. The predicted octanol–water partition coefficient (Wildman–Crippen LogP) is 6.23. The number of rotatable bonds is 6. The van der Waals surface area contributed by atoms with E-state index in [4.69, 9.17) is 4.74 Å². The highest BCUT2D eigenvalue weighted by Gasteiger charge is 2.20. The zero-order valence-corrected chi connectivity index (χ0v) is 18.0. The van der Waals surface area contributed by atoms with E-state index in [1.54, 1.807) is 0 Å². The lowest BCUT2D eigenvalue weighted by Gasteiger charge is -2.19. The smallest absolute Gasteiger partial charge is 0.265 e. The lowest BCUT2D eigenvalue weighted by Crippen LogP contribution is -2.32. The highest BCUT2D eigenvalue weighted by Crippen LogP contribution is 2.31. The molecule has 4 aromatic rings. The van der Waals surface area contributed by atoms with Gasteiger partial charge in [-0.15, -0.1) is 0 Å². The molecule has 1 heterocycles. The number of carbonyl (C=O) groups excluding carboxylic acids is 1. The highest BCUT2D eigenvalue weighted by atomic mass is 16.5. The maximum atomic E-state index is 12.9. The number of carbonyl (C=O) groups is 1. The summed E-state index contributed by atoms with van der Waals surface area (Å²) < 4.78 is 8.35. The second-order valence-corrected chi connectivity index (χ2v) is 7.77. The van der Waals surface area contributed by atoms with E-state index in [1.807, 2.05) is 39.0 Å². The van der Waals surface area contributed by atoms with Crippen LogP contribution >= 0.6 is 0 Å². The van der Waals surface area contributed by atoms with Crippen LogP contribution in [0.2, 0.25) is 0 Å². The average Bonchev–Trinajstić information content (AvgIpc) is 3.06. The maximum absolute atomic E-state index is 12.9. The molecule has 1 N–H and O–H groups in total. The van der Waals surface area contributed by atoms with E-state index < -0.39 is 6.10 Å². The molecule has 4 rings (SSSR count). The summed E-state index contributed by atoms with van der Waals surface area (Å²) in [5.74, 6) is 0.625. The van der Waals surface area contributed by atoms with Gasteiger partial charge in [-0.2, -0.15) is 0 Å². The number of para-hydroxylation sites is 1. The number of aryl methyl sites for hydroxylation is 3. The minimum Gasteiger partial charge on any atom is -0.480 e. The van der Waals surface area contributed by atoms with Gasteiger partial charge < -0.3 is 14.6 Å². The Morgan fingerprint density at radius 1 is 0.967 bits per heavy atom. The Morgan fingerprint density at radius 2 is 1.73 bits per heavy atom. The number of hydrogen-bond donors (Lipinski definition) is 1. The molecule has 30 heavy (non-hydrogen) atoms. The quantitative estimate of drug-likeness (QED) is 0.417. The van der Waals surface area contributed by atoms with Crippen molar-refractivity contribution in [3.8, 4) is 5.75 Å². The molecule has 1 unspecified atom stereocenters.